The Morgan fingerprint density at radius 2 is 1.96 bits per heavy atom. The molecule has 0 saturated heterocycles. The number of fused-ring (bicyclic) bond motifs is 1. The molecule has 0 unspecified atom stereocenters. The molecule has 1 N–H and O–H groups in total. The molecule has 0 aliphatic carbocycles. The van der Waals surface area contributed by atoms with E-state index in [1.807, 2.05) is 32.9 Å². The van der Waals surface area contributed by atoms with Gasteiger partial charge in [-0.25, -0.2) is 9.36 Å². The number of carbonyl (C=O) groups excluding carboxylic acids is 2. The summed E-state index contributed by atoms with van der Waals surface area (Å²) in [6.45, 7) is 9.86. The van der Waals surface area contributed by atoms with Gasteiger partial charge in [0.1, 0.15) is 0 Å². The number of carbonyl (C=O) groups is 2. The first-order valence-electron chi connectivity index (χ1n) is 7.72. The summed E-state index contributed by atoms with van der Waals surface area (Å²) in [6, 6.07) is 3.84. The zero-order valence-corrected chi connectivity index (χ0v) is 14.4. The van der Waals surface area contributed by atoms with E-state index >= 15 is 0 Å². The zero-order chi connectivity index (χ0) is 17.9. The van der Waals surface area contributed by atoms with Crippen LogP contribution in [0.15, 0.2) is 24.8 Å². The van der Waals surface area contributed by atoms with Gasteiger partial charge in [0, 0.05) is 11.9 Å². The van der Waals surface area contributed by atoms with Gasteiger partial charge in [-0.1, -0.05) is 18.2 Å². The maximum absolute atomic E-state index is 12.7. The topological polar surface area (TPSA) is 69.6 Å². The summed E-state index contributed by atoms with van der Waals surface area (Å²) in [4.78, 5) is 25.1. The molecule has 0 spiro atoms. The van der Waals surface area contributed by atoms with E-state index in [1.165, 1.54) is 11.7 Å². The Morgan fingerprint density at radius 1 is 1.29 bits per heavy atom. The number of hydrogen-bond acceptors (Lipinski definition) is 4. The molecule has 24 heavy (non-hydrogen) atoms. The van der Waals surface area contributed by atoms with E-state index in [-0.39, 0.29) is 12.2 Å². The van der Waals surface area contributed by atoms with Crippen molar-refractivity contribution in [1.82, 2.24) is 9.88 Å². The molecule has 6 nitrogen and oxygen atoms in total. The van der Waals surface area contributed by atoms with E-state index in [4.69, 9.17) is 9.47 Å². The Bertz CT molecular complexity index is 805. The first kappa shape index (κ1) is 17.6. The minimum Gasteiger partial charge on any atom is -0.491 e. The van der Waals surface area contributed by atoms with Crippen molar-refractivity contribution in [2.75, 3.05) is 20.3 Å². The van der Waals surface area contributed by atoms with Gasteiger partial charge in [-0.3, -0.25) is 4.79 Å². The number of methoxy groups -OCH3 is 1. The lowest BCUT2D eigenvalue weighted by molar-refractivity contribution is 0.0942. The normalized spacial score (nSPS) is 10.5. The van der Waals surface area contributed by atoms with Gasteiger partial charge in [0.2, 0.25) is 0 Å². The largest absolute Gasteiger partial charge is 0.491 e. The summed E-state index contributed by atoms with van der Waals surface area (Å²) in [7, 11) is 1.28. The molecule has 0 fully saturated rings. The van der Waals surface area contributed by atoms with Gasteiger partial charge in [0.05, 0.1) is 19.2 Å². The highest BCUT2D eigenvalue weighted by molar-refractivity contribution is 6.10. The van der Waals surface area contributed by atoms with Crippen molar-refractivity contribution in [3.8, 4) is 5.75 Å². The molecule has 1 amide bonds. The van der Waals surface area contributed by atoms with E-state index in [2.05, 4.69) is 11.9 Å². The number of aryl methyl sites for hydroxylation is 2. The Balaban J connectivity index is 2.90. The van der Waals surface area contributed by atoms with Gasteiger partial charge in [0.25, 0.3) is 5.91 Å². The fourth-order valence-corrected chi connectivity index (χ4v) is 2.71. The van der Waals surface area contributed by atoms with Gasteiger partial charge in [-0.15, -0.1) is 6.58 Å². The molecule has 1 heterocycles. The second-order valence-electron chi connectivity index (χ2n) is 5.34. The summed E-state index contributed by atoms with van der Waals surface area (Å²) in [5.74, 6) is -0.0283. The van der Waals surface area contributed by atoms with Gasteiger partial charge in [-0.2, -0.15) is 0 Å². The van der Waals surface area contributed by atoms with Crippen molar-refractivity contribution in [2.45, 2.75) is 20.8 Å². The van der Waals surface area contributed by atoms with Crippen molar-refractivity contribution in [1.29, 1.82) is 0 Å². The van der Waals surface area contributed by atoms with Gasteiger partial charge >= 0.3 is 6.09 Å². The quantitative estimate of drug-likeness (QED) is 0.855. The van der Waals surface area contributed by atoms with Crippen molar-refractivity contribution in [2.24, 2.45) is 0 Å². The maximum Gasteiger partial charge on any atom is 0.419 e. The van der Waals surface area contributed by atoms with Crippen molar-refractivity contribution in [3.05, 3.63) is 41.6 Å². The molecule has 1 aromatic carbocycles. The highest BCUT2D eigenvalue weighted by Gasteiger charge is 2.29. The van der Waals surface area contributed by atoms with E-state index in [0.717, 1.165) is 16.5 Å². The van der Waals surface area contributed by atoms with Crippen molar-refractivity contribution < 1.29 is 19.1 Å². The second kappa shape index (κ2) is 7.21. The molecule has 0 aliphatic rings. The molecule has 128 valence electrons. The van der Waals surface area contributed by atoms with Crippen LogP contribution < -0.4 is 10.1 Å². The third-order valence-corrected chi connectivity index (χ3v) is 3.75. The van der Waals surface area contributed by atoms with Crippen LogP contribution in [0.3, 0.4) is 0 Å². The molecule has 0 atom stereocenters. The molecule has 0 radical (unpaired) electrons. The summed E-state index contributed by atoms with van der Waals surface area (Å²) >= 11 is 0. The van der Waals surface area contributed by atoms with Crippen LogP contribution >= 0.6 is 0 Å². The Morgan fingerprint density at radius 3 is 2.54 bits per heavy atom. The lowest BCUT2D eigenvalue weighted by Gasteiger charge is -2.10. The Labute approximate surface area is 141 Å². The number of amides is 1. The molecular weight excluding hydrogens is 308 g/mol. The van der Waals surface area contributed by atoms with Crippen LogP contribution in [-0.4, -0.2) is 36.8 Å². The zero-order valence-electron chi connectivity index (χ0n) is 14.4. The van der Waals surface area contributed by atoms with Crippen LogP contribution in [0.2, 0.25) is 0 Å². The lowest BCUT2D eigenvalue weighted by atomic mass is 10.1. The number of aromatic nitrogens is 1. The van der Waals surface area contributed by atoms with Crippen LogP contribution in [-0.2, 0) is 4.74 Å². The number of benzene rings is 1. The summed E-state index contributed by atoms with van der Waals surface area (Å²) in [6.07, 6.45) is 0.934. The first-order valence-corrected chi connectivity index (χ1v) is 7.72. The van der Waals surface area contributed by atoms with Gasteiger partial charge in [-0.05, 0) is 31.9 Å². The third kappa shape index (κ3) is 2.87. The second-order valence-corrected chi connectivity index (χ2v) is 5.34. The average molecular weight is 330 g/mol. The van der Waals surface area contributed by atoms with Crippen LogP contribution in [0, 0.1) is 13.8 Å². The monoisotopic (exact) mass is 330 g/mol. The molecular formula is C18H22N2O4. The van der Waals surface area contributed by atoms with Crippen LogP contribution in [0.1, 0.15) is 28.5 Å². The van der Waals surface area contributed by atoms with Crippen molar-refractivity contribution in [3.63, 3.8) is 0 Å². The third-order valence-electron chi connectivity index (χ3n) is 3.75. The number of nitrogens with one attached hydrogen (secondary N) is 1. The number of ether oxygens (including phenoxy) is 2. The van der Waals surface area contributed by atoms with Crippen molar-refractivity contribution >= 4 is 22.9 Å². The number of hydrogen-bond donors (Lipinski definition) is 1. The van der Waals surface area contributed by atoms with E-state index in [1.54, 1.807) is 6.08 Å². The molecule has 0 saturated carbocycles. The van der Waals surface area contributed by atoms with Gasteiger partial charge in [0.15, 0.2) is 11.4 Å². The summed E-state index contributed by atoms with van der Waals surface area (Å²) in [5, 5.41) is 3.44. The van der Waals surface area contributed by atoms with Crippen LogP contribution in [0.25, 0.3) is 10.9 Å². The van der Waals surface area contributed by atoms with E-state index in [9.17, 15) is 9.59 Å². The predicted molar refractivity (Wildman–Crippen MR) is 92.9 cm³/mol. The standard InChI is InChI=1S/C18H22N2O4/c1-6-10-19-17(21)15-16(24-7-2)13-11(3)8-9-12(4)14(13)20(15)18(22)23-5/h6,8-9H,1,7,10H2,2-5H3,(H,19,21). The highest BCUT2D eigenvalue weighted by atomic mass is 16.5. The smallest absolute Gasteiger partial charge is 0.419 e. The first-order chi connectivity index (χ1) is 11.5. The Hall–Kier alpha value is -2.76. The molecule has 0 bridgehead atoms. The predicted octanol–water partition coefficient (Wildman–Crippen LogP) is 3.19. The number of rotatable bonds is 5. The van der Waals surface area contributed by atoms with Gasteiger partial charge < -0.3 is 14.8 Å². The van der Waals surface area contributed by atoms with E-state index < -0.39 is 12.0 Å². The average Bonchev–Trinajstić information content (AvgIpc) is 2.92. The molecule has 2 aromatic rings. The molecule has 2 rings (SSSR count). The van der Waals surface area contributed by atoms with Crippen LogP contribution in [0.5, 0.6) is 5.75 Å². The maximum atomic E-state index is 12.7. The summed E-state index contributed by atoms with van der Waals surface area (Å²) < 4.78 is 11.9. The lowest BCUT2D eigenvalue weighted by Crippen LogP contribution is -2.28. The van der Waals surface area contributed by atoms with Crippen LogP contribution in [0.4, 0.5) is 4.79 Å². The van der Waals surface area contributed by atoms with E-state index in [0.29, 0.717) is 17.9 Å². The molecule has 6 heteroatoms. The fourth-order valence-electron chi connectivity index (χ4n) is 2.71. The minimum absolute atomic E-state index is 0.137. The minimum atomic E-state index is -0.636. The summed E-state index contributed by atoms with van der Waals surface area (Å²) in [5.41, 5.74) is 2.52. The molecule has 0 aliphatic heterocycles. The number of nitrogens with zero attached hydrogens (tertiary/aromatic N) is 1. The SMILES string of the molecule is C=CCNC(=O)c1c(OCC)c2c(C)ccc(C)c2n1C(=O)OC. The highest BCUT2D eigenvalue weighted by Crippen LogP contribution is 2.37. The molecule has 1 aromatic heterocycles. The Kier molecular flexibility index (Phi) is 5.28. The fraction of sp³-hybridized carbons (Fsp3) is 0.333.